The molecule has 2 N–H and O–H groups in total. The molecule has 0 unspecified atom stereocenters. The van der Waals surface area contributed by atoms with E-state index in [1.165, 1.54) is 12.8 Å². The van der Waals surface area contributed by atoms with Crippen LogP contribution in [0.3, 0.4) is 0 Å². The van der Waals surface area contributed by atoms with Gasteiger partial charge in [0.25, 0.3) is 11.8 Å². The number of carbonyl (C=O) groups is 2. The number of carbonyl (C=O) groups excluding carboxylic acids is 2. The molecule has 2 aromatic carbocycles. The van der Waals surface area contributed by atoms with E-state index in [1.54, 1.807) is 24.3 Å². The molecule has 0 aliphatic heterocycles. The molecule has 0 radical (unpaired) electrons. The number of hydrogen-bond acceptors (Lipinski definition) is 2. The van der Waals surface area contributed by atoms with Crippen LogP contribution >= 0.6 is 15.9 Å². The SMILES string of the molecule is O=C(Nc1ccc(Br)cc1)c1ccc(C(=O)NC2CCCC2)cc1. The van der Waals surface area contributed by atoms with Gasteiger partial charge in [0.1, 0.15) is 0 Å². The van der Waals surface area contributed by atoms with Crippen LogP contribution in [0.1, 0.15) is 46.4 Å². The van der Waals surface area contributed by atoms with Crippen LogP contribution in [-0.4, -0.2) is 17.9 Å². The first-order chi connectivity index (χ1) is 11.6. The Balaban J connectivity index is 1.61. The lowest BCUT2D eigenvalue weighted by molar-refractivity contribution is 0.0936. The fraction of sp³-hybridized carbons (Fsp3) is 0.263. The van der Waals surface area contributed by atoms with Crippen LogP contribution in [0.15, 0.2) is 53.0 Å². The van der Waals surface area contributed by atoms with Crippen molar-refractivity contribution in [3.05, 3.63) is 64.1 Å². The molecule has 2 aromatic rings. The van der Waals surface area contributed by atoms with Crippen molar-refractivity contribution >= 4 is 33.4 Å². The minimum absolute atomic E-state index is 0.0678. The topological polar surface area (TPSA) is 58.2 Å². The summed E-state index contributed by atoms with van der Waals surface area (Å²) in [5.74, 6) is -0.262. The second-order valence-corrected chi connectivity index (χ2v) is 6.91. The smallest absolute Gasteiger partial charge is 0.255 e. The molecule has 0 spiro atoms. The Morgan fingerprint density at radius 2 is 1.38 bits per heavy atom. The van der Waals surface area contributed by atoms with Crippen molar-refractivity contribution < 1.29 is 9.59 Å². The number of amides is 2. The van der Waals surface area contributed by atoms with Crippen molar-refractivity contribution in [1.82, 2.24) is 5.32 Å². The molecule has 5 heteroatoms. The minimum atomic E-state index is -0.194. The van der Waals surface area contributed by atoms with Crippen LogP contribution in [0.4, 0.5) is 5.69 Å². The van der Waals surface area contributed by atoms with E-state index in [2.05, 4.69) is 26.6 Å². The third kappa shape index (κ3) is 4.23. The number of nitrogens with one attached hydrogen (secondary N) is 2. The van der Waals surface area contributed by atoms with Crippen molar-refractivity contribution in [2.24, 2.45) is 0 Å². The van der Waals surface area contributed by atoms with Crippen LogP contribution in [0.2, 0.25) is 0 Å². The number of halogens is 1. The van der Waals surface area contributed by atoms with E-state index in [0.717, 1.165) is 23.0 Å². The second kappa shape index (κ2) is 7.62. The van der Waals surface area contributed by atoms with Crippen molar-refractivity contribution in [2.75, 3.05) is 5.32 Å². The largest absolute Gasteiger partial charge is 0.349 e. The average Bonchev–Trinajstić information content (AvgIpc) is 3.10. The predicted octanol–water partition coefficient (Wildman–Crippen LogP) is 4.37. The molecule has 0 saturated heterocycles. The van der Waals surface area contributed by atoms with Crippen LogP contribution < -0.4 is 10.6 Å². The first-order valence-electron chi connectivity index (χ1n) is 8.10. The summed E-state index contributed by atoms with van der Waals surface area (Å²) in [5.41, 5.74) is 1.84. The van der Waals surface area contributed by atoms with Gasteiger partial charge in [0, 0.05) is 27.3 Å². The maximum absolute atomic E-state index is 12.2. The van der Waals surface area contributed by atoms with Crippen molar-refractivity contribution in [1.29, 1.82) is 0 Å². The predicted molar refractivity (Wildman–Crippen MR) is 98.3 cm³/mol. The summed E-state index contributed by atoms with van der Waals surface area (Å²) in [5, 5.41) is 5.88. The van der Waals surface area contributed by atoms with Crippen molar-refractivity contribution in [3.8, 4) is 0 Å². The molecular formula is C19H19BrN2O2. The molecule has 0 atom stereocenters. The maximum Gasteiger partial charge on any atom is 0.255 e. The van der Waals surface area contributed by atoms with Gasteiger partial charge in [-0.05, 0) is 61.4 Å². The summed E-state index contributed by atoms with van der Waals surface area (Å²) in [6.45, 7) is 0. The average molecular weight is 387 g/mol. The fourth-order valence-electron chi connectivity index (χ4n) is 2.85. The Hall–Kier alpha value is -2.14. The van der Waals surface area contributed by atoms with Gasteiger partial charge in [0.2, 0.25) is 0 Å². The molecule has 0 heterocycles. The Morgan fingerprint density at radius 3 is 1.96 bits per heavy atom. The van der Waals surface area contributed by atoms with Gasteiger partial charge in [-0.1, -0.05) is 28.8 Å². The van der Waals surface area contributed by atoms with Crippen LogP contribution in [0.5, 0.6) is 0 Å². The van der Waals surface area contributed by atoms with Gasteiger partial charge in [-0.2, -0.15) is 0 Å². The number of rotatable bonds is 4. The summed E-state index contributed by atoms with van der Waals surface area (Å²) in [6, 6.07) is 14.4. The third-order valence-corrected chi connectivity index (χ3v) is 4.73. The highest BCUT2D eigenvalue weighted by atomic mass is 79.9. The molecule has 3 rings (SSSR count). The van der Waals surface area contributed by atoms with Crippen LogP contribution in [-0.2, 0) is 0 Å². The summed E-state index contributed by atoms with van der Waals surface area (Å²) in [6.07, 6.45) is 4.47. The molecule has 1 saturated carbocycles. The normalized spacial score (nSPS) is 14.4. The van der Waals surface area contributed by atoms with Crippen LogP contribution in [0, 0.1) is 0 Å². The Labute approximate surface area is 149 Å². The lowest BCUT2D eigenvalue weighted by Crippen LogP contribution is -2.32. The molecule has 0 bridgehead atoms. The molecule has 24 heavy (non-hydrogen) atoms. The summed E-state index contributed by atoms with van der Waals surface area (Å²) < 4.78 is 0.957. The van der Waals surface area contributed by atoms with Gasteiger partial charge >= 0.3 is 0 Å². The lowest BCUT2D eigenvalue weighted by Gasteiger charge is -2.12. The first-order valence-corrected chi connectivity index (χ1v) is 8.89. The Bertz CT molecular complexity index is 720. The molecule has 4 nitrogen and oxygen atoms in total. The minimum Gasteiger partial charge on any atom is -0.349 e. The van der Waals surface area contributed by atoms with Crippen molar-refractivity contribution in [2.45, 2.75) is 31.7 Å². The van der Waals surface area contributed by atoms with E-state index < -0.39 is 0 Å². The van der Waals surface area contributed by atoms with Crippen molar-refractivity contribution in [3.63, 3.8) is 0 Å². The zero-order valence-electron chi connectivity index (χ0n) is 13.2. The van der Waals surface area contributed by atoms with Gasteiger partial charge < -0.3 is 10.6 Å². The Kier molecular flexibility index (Phi) is 5.30. The number of benzene rings is 2. The van der Waals surface area contributed by atoms with E-state index in [0.29, 0.717) is 11.1 Å². The summed E-state index contributed by atoms with van der Waals surface area (Å²) in [7, 11) is 0. The van der Waals surface area contributed by atoms with Gasteiger partial charge in [-0.3, -0.25) is 9.59 Å². The summed E-state index contributed by atoms with van der Waals surface area (Å²) in [4.78, 5) is 24.4. The van der Waals surface area contributed by atoms with Gasteiger partial charge in [0.05, 0.1) is 0 Å². The second-order valence-electron chi connectivity index (χ2n) is 5.99. The Morgan fingerprint density at radius 1 is 0.833 bits per heavy atom. The van der Waals surface area contributed by atoms with Gasteiger partial charge in [-0.25, -0.2) is 0 Å². The summed E-state index contributed by atoms with van der Waals surface area (Å²) >= 11 is 3.36. The molecule has 1 aliphatic carbocycles. The van der Waals surface area contributed by atoms with E-state index in [1.807, 2.05) is 24.3 Å². The van der Waals surface area contributed by atoms with E-state index in [4.69, 9.17) is 0 Å². The standard InChI is InChI=1S/C19H19BrN2O2/c20-15-9-11-17(12-10-15)22-19(24)14-7-5-13(6-8-14)18(23)21-16-3-1-2-4-16/h5-12,16H,1-4H2,(H,21,23)(H,22,24). The van der Waals surface area contributed by atoms with E-state index in [9.17, 15) is 9.59 Å². The molecule has 124 valence electrons. The zero-order chi connectivity index (χ0) is 16.9. The van der Waals surface area contributed by atoms with Gasteiger partial charge in [-0.15, -0.1) is 0 Å². The van der Waals surface area contributed by atoms with Crippen LogP contribution in [0.25, 0.3) is 0 Å². The maximum atomic E-state index is 12.2. The number of hydrogen-bond donors (Lipinski definition) is 2. The first kappa shape index (κ1) is 16.7. The lowest BCUT2D eigenvalue weighted by atomic mass is 10.1. The van der Waals surface area contributed by atoms with E-state index in [-0.39, 0.29) is 17.9 Å². The molecule has 0 aromatic heterocycles. The molecule has 1 aliphatic rings. The highest BCUT2D eigenvalue weighted by Crippen LogP contribution is 2.18. The highest BCUT2D eigenvalue weighted by Gasteiger charge is 2.18. The molecular weight excluding hydrogens is 368 g/mol. The number of anilines is 1. The van der Waals surface area contributed by atoms with Gasteiger partial charge in [0.15, 0.2) is 0 Å². The molecule has 1 fully saturated rings. The highest BCUT2D eigenvalue weighted by molar-refractivity contribution is 9.10. The monoisotopic (exact) mass is 386 g/mol. The zero-order valence-corrected chi connectivity index (χ0v) is 14.8. The molecule has 2 amide bonds. The quantitative estimate of drug-likeness (QED) is 0.819. The van der Waals surface area contributed by atoms with E-state index >= 15 is 0 Å². The fourth-order valence-corrected chi connectivity index (χ4v) is 3.11. The third-order valence-electron chi connectivity index (χ3n) is 4.20.